The minimum atomic E-state index is -4.06. The Kier molecular flexibility index (Phi) is 7.03. The van der Waals surface area contributed by atoms with E-state index in [-0.39, 0.29) is 22.9 Å². The molecule has 0 saturated heterocycles. The molecule has 3 aromatic rings. The summed E-state index contributed by atoms with van der Waals surface area (Å²) < 4.78 is 28.2. The number of aryl methyl sites for hydroxylation is 2. The predicted octanol–water partition coefficient (Wildman–Crippen LogP) is 4.03. The van der Waals surface area contributed by atoms with Gasteiger partial charge in [0.05, 0.1) is 4.90 Å². The Morgan fingerprint density at radius 2 is 1.74 bits per heavy atom. The van der Waals surface area contributed by atoms with Gasteiger partial charge in [-0.05, 0) is 61.4 Å². The van der Waals surface area contributed by atoms with Crippen LogP contribution < -0.4 is 10.9 Å². The number of sulfone groups is 1. The average Bonchev–Trinajstić information content (AvgIpc) is 2.70. The zero-order chi connectivity index (χ0) is 22.8. The fraction of sp³-hybridized carbons (Fsp3) is 0.182. The molecule has 6 nitrogen and oxygen atoms in total. The van der Waals surface area contributed by atoms with Crippen molar-refractivity contribution >= 4 is 43.3 Å². The van der Waals surface area contributed by atoms with Gasteiger partial charge in [0.15, 0.2) is 0 Å². The second-order valence-electron chi connectivity index (χ2n) is 7.01. The van der Waals surface area contributed by atoms with E-state index in [1.165, 1.54) is 16.7 Å². The Labute approximate surface area is 193 Å². The lowest BCUT2D eigenvalue weighted by molar-refractivity contribution is -0.121. The summed E-state index contributed by atoms with van der Waals surface area (Å²) in [6.07, 6.45) is 0. The summed E-state index contributed by atoms with van der Waals surface area (Å²) in [5.74, 6) is -0.430. The molecule has 2 aromatic carbocycles. The number of nitrogens with zero attached hydrogens (tertiary/aromatic N) is 1. The van der Waals surface area contributed by atoms with Crippen molar-refractivity contribution in [1.82, 2.24) is 9.88 Å². The molecule has 0 spiro atoms. The molecule has 0 atom stereocenters. The standard InChI is InChI=1S/C22H20BrClN2O4S/c1-14-11-15(2)26(13-20(27)25-12-16-5-3-4-6-19(16)24)22(28)21(14)31(29,30)18-9-7-17(23)8-10-18/h3-11H,12-13H2,1-2H3,(H,25,27). The van der Waals surface area contributed by atoms with Crippen molar-refractivity contribution in [2.75, 3.05) is 0 Å². The van der Waals surface area contributed by atoms with Crippen molar-refractivity contribution in [3.63, 3.8) is 0 Å². The zero-order valence-corrected chi connectivity index (χ0v) is 20.0. The van der Waals surface area contributed by atoms with E-state index in [0.717, 1.165) is 10.0 Å². The summed E-state index contributed by atoms with van der Waals surface area (Å²) in [4.78, 5) is 25.3. The van der Waals surface area contributed by atoms with Gasteiger partial charge in [-0.2, -0.15) is 0 Å². The van der Waals surface area contributed by atoms with Crippen LogP contribution in [0.1, 0.15) is 16.8 Å². The van der Waals surface area contributed by atoms with E-state index >= 15 is 0 Å². The molecule has 1 aromatic heterocycles. The highest BCUT2D eigenvalue weighted by molar-refractivity contribution is 9.10. The van der Waals surface area contributed by atoms with E-state index in [1.54, 1.807) is 56.3 Å². The normalized spacial score (nSPS) is 11.4. The van der Waals surface area contributed by atoms with Gasteiger partial charge in [0.25, 0.3) is 5.56 Å². The van der Waals surface area contributed by atoms with Crippen LogP contribution in [0.5, 0.6) is 0 Å². The number of aromatic nitrogens is 1. The van der Waals surface area contributed by atoms with E-state index in [2.05, 4.69) is 21.2 Å². The molecule has 3 rings (SSSR count). The van der Waals surface area contributed by atoms with Crippen LogP contribution in [0.3, 0.4) is 0 Å². The quantitative estimate of drug-likeness (QED) is 0.529. The molecule has 9 heteroatoms. The van der Waals surface area contributed by atoms with E-state index < -0.39 is 21.3 Å². The molecular weight excluding hydrogens is 504 g/mol. The van der Waals surface area contributed by atoms with Gasteiger partial charge in [-0.25, -0.2) is 8.42 Å². The van der Waals surface area contributed by atoms with Crippen LogP contribution in [0.15, 0.2) is 73.7 Å². The van der Waals surface area contributed by atoms with Gasteiger partial charge < -0.3 is 9.88 Å². The van der Waals surface area contributed by atoms with Crippen LogP contribution in [-0.4, -0.2) is 18.9 Å². The number of halogens is 2. The molecule has 162 valence electrons. The molecule has 1 amide bonds. The first kappa shape index (κ1) is 23.2. The highest BCUT2D eigenvalue weighted by Gasteiger charge is 2.26. The van der Waals surface area contributed by atoms with Crippen molar-refractivity contribution in [3.8, 4) is 0 Å². The van der Waals surface area contributed by atoms with Gasteiger partial charge in [-0.15, -0.1) is 0 Å². The number of pyridine rings is 1. The first-order valence-corrected chi connectivity index (χ1v) is 12.0. The van der Waals surface area contributed by atoms with E-state index in [4.69, 9.17) is 11.6 Å². The third-order valence-corrected chi connectivity index (χ3v) is 7.60. The molecule has 0 unspecified atom stereocenters. The number of nitrogens with one attached hydrogen (secondary N) is 1. The molecule has 31 heavy (non-hydrogen) atoms. The summed E-state index contributed by atoms with van der Waals surface area (Å²) in [6, 6.07) is 14.7. The molecule has 1 heterocycles. The van der Waals surface area contributed by atoms with E-state index in [1.807, 2.05) is 0 Å². The minimum Gasteiger partial charge on any atom is -0.350 e. The van der Waals surface area contributed by atoms with Gasteiger partial charge in [0.1, 0.15) is 11.4 Å². The van der Waals surface area contributed by atoms with Crippen molar-refractivity contribution < 1.29 is 13.2 Å². The van der Waals surface area contributed by atoms with Gasteiger partial charge in [-0.3, -0.25) is 9.59 Å². The average molecular weight is 524 g/mol. The van der Waals surface area contributed by atoms with Crippen LogP contribution in [0.2, 0.25) is 5.02 Å². The fourth-order valence-corrected chi connectivity index (χ4v) is 5.22. The van der Waals surface area contributed by atoms with Crippen molar-refractivity contribution in [1.29, 1.82) is 0 Å². The van der Waals surface area contributed by atoms with Crippen molar-refractivity contribution in [2.45, 2.75) is 36.7 Å². The lowest BCUT2D eigenvalue weighted by Gasteiger charge is -2.15. The Bertz CT molecular complexity index is 1300. The minimum absolute atomic E-state index is 0.00877. The van der Waals surface area contributed by atoms with Crippen LogP contribution >= 0.6 is 27.5 Å². The van der Waals surface area contributed by atoms with Crippen LogP contribution in [-0.2, 0) is 27.7 Å². The Morgan fingerprint density at radius 1 is 1.10 bits per heavy atom. The van der Waals surface area contributed by atoms with Crippen LogP contribution in [0.4, 0.5) is 0 Å². The van der Waals surface area contributed by atoms with E-state index in [9.17, 15) is 18.0 Å². The largest absolute Gasteiger partial charge is 0.350 e. The first-order chi connectivity index (χ1) is 14.6. The Morgan fingerprint density at radius 3 is 2.39 bits per heavy atom. The topological polar surface area (TPSA) is 85.2 Å². The summed E-state index contributed by atoms with van der Waals surface area (Å²) in [5.41, 5.74) is 0.834. The number of amides is 1. The highest BCUT2D eigenvalue weighted by atomic mass is 79.9. The van der Waals surface area contributed by atoms with Gasteiger partial charge in [0.2, 0.25) is 15.7 Å². The number of rotatable bonds is 6. The highest BCUT2D eigenvalue weighted by Crippen LogP contribution is 2.23. The molecule has 0 fully saturated rings. The molecule has 0 aliphatic rings. The van der Waals surface area contributed by atoms with Crippen LogP contribution in [0.25, 0.3) is 0 Å². The number of carbonyl (C=O) groups excluding carboxylic acids is 1. The molecular formula is C22H20BrClN2O4S. The van der Waals surface area contributed by atoms with Crippen LogP contribution in [0, 0.1) is 13.8 Å². The second-order valence-corrected chi connectivity index (χ2v) is 10.2. The predicted molar refractivity (Wildman–Crippen MR) is 123 cm³/mol. The smallest absolute Gasteiger partial charge is 0.270 e. The zero-order valence-electron chi connectivity index (χ0n) is 16.9. The molecule has 1 N–H and O–H groups in total. The van der Waals surface area contributed by atoms with Gasteiger partial charge in [-0.1, -0.05) is 45.7 Å². The molecule has 0 aliphatic heterocycles. The second kappa shape index (κ2) is 9.38. The summed E-state index contributed by atoms with van der Waals surface area (Å²) in [5, 5.41) is 3.24. The number of hydrogen-bond donors (Lipinski definition) is 1. The third kappa shape index (κ3) is 5.08. The summed E-state index contributed by atoms with van der Waals surface area (Å²) in [6.45, 7) is 3.12. The fourth-order valence-electron chi connectivity index (χ4n) is 3.20. The molecule has 0 saturated carbocycles. The summed E-state index contributed by atoms with van der Waals surface area (Å²) in [7, 11) is -4.06. The van der Waals surface area contributed by atoms with Crippen molar-refractivity contribution in [2.24, 2.45) is 0 Å². The summed E-state index contributed by atoms with van der Waals surface area (Å²) >= 11 is 9.37. The molecule has 0 bridgehead atoms. The van der Waals surface area contributed by atoms with Crippen molar-refractivity contribution in [3.05, 3.63) is 91.3 Å². The monoisotopic (exact) mass is 522 g/mol. The number of carbonyl (C=O) groups is 1. The number of benzene rings is 2. The van der Waals surface area contributed by atoms with Gasteiger partial charge >= 0.3 is 0 Å². The third-order valence-electron chi connectivity index (χ3n) is 4.78. The maximum Gasteiger partial charge on any atom is 0.270 e. The lowest BCUT2D eigenvalue weighted by atomic mass is 10.2. The number of hydrogen-bond acceptors (Lipinski definition) is 4. The molecule has 0 radical (unpaired) electrons. The first-order valence-electron chi connectivity index (χ1n) is 9.33. The van der Waals surface area contributed by atoms with E-state index in [0.29, 0.717) is 16.3 Å². The maximum atomic E-state index is 13.1. The lowest BCUT2D eigenvalue weighted by Crippen LogP contribution is -2.35. The molecule has 0 aliphatic carbocycles. The Hall–Kier alpha value is -2.42. The SMILES string of the molecule is Cc1cc(C)n(CC(=O)NCc2ccccc2Cl)c(=O)c1S(=O)(=O)c1ccc(Br)cc1. The maximum absolute atomic E-state index is 13.1. The van der Waals surface area contributed by atoms with Gasteiger partial charge in [0, 0.05) is 21.7 Å². The Balaban J connectivity index is 1.92.